The van der Waals surface area contributed by atoms with Crippen molar-refractivity contribution in [3.05, 3.63) is 52.9 Å². The van der Waals surface area contributed by atoms with Crippen LogP contribution in [-0.4, -0.2) is 48.1 Å². The number of thioether (sulfide) groups is 1. The van der Waals surface area contributed by atoms with Gasteiger partial charge in [-0.05, 0) is 37.5 Å². The number of thiocarbonyl (C=S) groups is 1. The van der Waals surface area contributed by atoms with Crippen molar-refractivity contribution in [3.8, 4) is 0 Å². The van der Waals surface area contributed by atoms with Gasteiger partial charge in [-0.25, -0.2) is 9.18 Å². The molecule has 0 radical (unpaired) electrons. The van der Waals surface area contributed by atoms with E-state index in [0.717, 1.165) is 5.70 Å². The molecule has 2 atom stereocenters. The Hall–Kier alpha value is -3.36. The molecule has 0 saturated heterocycles. The van der Waals surface area contributed by atoms with Crippen LogP contribution in [0.15, 0.2) is 41.6 Å². The minimum atomic E-state index is -1.71. The number of rotatable bonds is 6. The van der Waals surface area contributed by atoms with Gasteiger partial charge < -0.3 is 20.8 Å². The normalized spacial score (nSPS) is 16.7. The second kappa shape index (κ2) is 10.1. The summed E-state index contributed by atoms with van der Waals surface area (Å²) >= 11 is 6.42. The van der Waals surface area contributed by atoms with Crippen molar-refractivity contribution in [2.75, 3.05) is 10.6 Å². The average Bonchev–Trinajstić information content (AvgIpc) is 3.38. The fourth-order valence-corrected chi connectivity index (χ4v) is 4.02. The lowest BCUT2D eigenvalue weighted by molar-refractivity contribution is -0.139. The lowest BCUT2D eigenvalue weighted by atomic mass is 10.1. The Kier molecular flexibility index (Phi) is 7.40. The van der Waals surface area contributed by atoms with Crippen molar-refractivity contribution in [2.45, 2.75) is 31.4 Å². The van der Waals surface area contributed by atoms with E-state index in [-0.39, 0.29) is 22.9 Å². The van der Waals surface area contributed by atoms with E-state index in [1.165, 1.54) is 41.6 Å². The number of aliphatic hydroxyl groups is 1. The molecular weight excluding hydrogens is 473 g/mol. The van der Waals surface area contributed by atoms with Crippen LogP contribution in [0.1, 0.15) is 19.4 Å². The van der Waals surface area contributed by atoms with Gasteiger partial charge in [0, 0.05) is 23.5 Å². The molecule has 1 aromatic heterocycles. The molecule has 0 aliphatic carbocycles. The van der Waals surface area contributed by atoms with Crippen molar-refractivity contribution < 1.29 is 24.2 Å². The summed E-state index contributed by atoms with van der Waals surface area (Å²) in [6.07, 6.45) is 0.208. The third-order valence-corrected chi connectivity index (χ3v) is 6.08. The van der Waals surface area contributed by atoms with Crippen LogP contribution >= 0.6 is 24.0 Å². The minimum absolute atomic E-state index is 0.0181. The first-order valence-corrected chi connectivity index (χ1v) is 10.9. The maximum atomic E-state index is 14.5. The first-order valence-electron chi connectivity index (χ1n) is 9.55. The number of allylic oxidation sites excluding steroid dienone is 1. The number of amides is 2. The number of hydrogen-bond acceptors (Lipinski definition) is 7. The molecule has 2 amide bonds. The van der Waals surface area contributed by atoms with Crippen LogP contribution in [0, 0.1) is 5.82 Å². The number of nitrogens with one attached hydrogen (secondary N) is 5. The number of anilines is 2. The number of carboxylic acid groups (broad SMARTS) is 1. The Morgan fingerprint density at radius 1 is 1.33 bits per heavy atom. The topological polar surface area (TPSA) is 153 Å². The molecule has 11 nitrogen and oxygen atoms in total. The predicted octanol–water partition coefficient (Wildman–Crippen LogP) is 1.75. The van der Waals surface area contributed by atoms with Gasteiger partial charge in [0.1, 0.15) is 5.37 Å². The fraction of sp³-hybridized carbons (Fsp3) is 0.263. The molecule has 0 bridgehead atoms. The molecule has 1 aliphatic heterocycles. The van der Waals surface area contributed by atoms with E-state index in [1.807, 2.05) is 17.6 Å². The van der Waals surface area contributed by atoms with E-state index < -0.39 is 28.8 Å². The SMILES string of the molecule is CC1=CSC(C(C)(O)C(=O)NNC(=S)Nc2ccn(Cc3cccc(NC(=O)O)c3F)n2)N1. The molecule has 2 heterocycles. The van der Waals surface area contributed by atoms with Gasteiger partial charge in [-0.15, -0.1) is 11.8 Å². The summed E-state index contributed by atoms with van der Waals surface area (Å²) in [7, 11) is 0. The second-order valence-corrected chi connectivity index (χ2v) is 8.64. The van der Waals surface area contributed by atoms with Crippen LogP contribution < -0.4 is 26.8 Å². The Labute approximate surface area is 197 Å². The highest BCUT2D eigenvalue weighted by Crippen LogP contribution is 2.29. The van der Waals surface area contributed by atoms with Gasteiger partial charge in [-0.1, -0.05) is 12.1 Å². The number of hydrazine groups is 1. The highest BCUT2D eigenvalue weighted by molar-refractivity contribution is 8.03. The lowest BCUT2D eigenvalue weighted by Crippen LogP contribution is -2.59. The average molecular weight is 496 g/mol. The summed E-state index contributed by atoms with van der Waals surface area (Å²) in [5.41, 5.74) is 4.07. The van der Waals surface area contributed by atoms with Crippen LogP contribution in [-0.2, 0) is 11.3 Å². The zero-order valence-electron chi connectivity index (χ0n) is 17.5. The molecule has 0 saturated carbocycles. The van der Waals surface area contributed by atoms with Gasteiger partial charge in [0.2, 0.25) is 0 Å². The second-order valence-electron chi connectivity index (χ2n) is 7.25. The molecule has 14 heteroatoms. The smallest absolute Gasteiger partial charge is 0.409 e. The van der Waals surface area contributed by atoms with Crippen LogP contribution in [0.25, 0.3) is 0 Å². The van der Waals surface area contributed by atoms with Gasteiger partial charge in [-0.2, -0.15) is 5.10 Å². The zero-order valence-corrected chi connectivity index (χ0v) is 19.2. The van der Waals surface area contributed by atoms with E-state index in [9.17, 15) is 19.1 Å². The quantitative estimate of drug-likeness (QED) is 0.233. The molecule has 176 valence electrons. The molecule has 3 rings (SSSR count). The maximum absolute atomic E-state index is 14.5. The Morgan fingerprint density at radius 2 is 2.09 bits per heavy atom. The first kappa shape index (κ1) is 24.3. The van der Waals surface area contributed by atoms with E-state index in [2.05, 4.69) is 26.6 Å². The molecule has 33 heavy (non-hydrogen) atoms. The van der Waals surface area contributed by atoms with E-state index in [1.54, 1.807) is 12.3 Å². The zero-order chi connectivity index (χ0) is 24.2. The number of carbonyl (C=O) groups excluding carboxylic acids is 1. The maximum Gasteiger partial charge on any atom is 0.409 e. The Morgan fingerprint density at radius 3 is 2.76 bits per heavy atom. The van der Waals surface area contributed by atoms with Gasteiger partial charge in [-0.3, -0.25) is 25.6 Å². The fourth-order valence-electron chi connectivity index (χ4n) is 2.83. The van der Waals surface area contributed by atoms with Gasteiger partial charge >= 0.3 is 6.09 Å². The minimum Gasteiger partial charge on any atom is -0.465 e. The number of nitrogens with zero attached hydrogens (tertiary/aromatic N) is 2. The van der Waals surface area contributed by atoms with Crippen LogP contribution in [0.4, 0.5) is 20.7 Å². The third kappa shape index (κ3) is 6.12. The van der Waals surface area contributed by atoms with Crippen molar-refractivity contribution >= 4 is 52.6 Å². The van der Waals surface area contributed by atoms with E-state index in [0.29, 0.717) is 5.82 Å². The van der Waals surface area contributed by atoms with Crippen molar-refractivity contribution in [1.82, 2.24) is 25.9 Å². The highest BCUT2D eigenvalue weighted by atomic mass is 32.2. The standard InChI is InChI=1S/C19H22FN7O4S2/c1-10-9-33-16(21-10)19(2,31)15(28)24-25-17(32)23-13-6-7-27(26-13)8-11-4-3-5-12(14(11)20)22-18(29)30/h3-7,9,16,21-22,31H,8H2,1-2H3,(H,24,28)(H,29,30)(H2,23,25,26,32). The number of carbonyl (C=O) groups is 2. The first-order chi connectivity index (χ1) is 15.6. The summed E-state index contributed by atoms with van der Waals surface area (Å²) in [6.45, 7) is 3.26. The monoisotopic (exact) mass is 495 g/mol. The summed E-state index contributed by atoms with van der Waals surface area (Å²) in [4.78, 5) is 23.1. The summed E-state index contributed by atoms with van der Waals surface area (Å²) < 4.78 is 15.9. The van der Waals surface area contributed by atoms with Crippen LogP contribution in [0.5, 0.6) is 0 Å². The largest absolute Gasteiger partial charge is 0.465 e. The van der Waals surface area contributed by atoms with E-state index in [4.69, 9.17) is 17.3 Å². The molecule has 1 aromatic carbocycles. The summed E-state index contributed by atoms with van der Waals surface area (Å²) in [5, 5.41) is 32.6. The number of hydrogen-bond donors (Lipinski definition) is 7. The number of benzene rings is 1. The Bertz CT molecular complexity index is 1110. The molecule has 0 spiro atoms. The van der Waals surface area contributed by atoms with Crippen LogP contribution in [0.3, 0.4) is 0 Å². The van der Waals surface area contributed by atoms with Crippen molar-refractivity contribution in [1.29, 1.82) is 0 Å². The number of halogens is 1. The molecule has 2 unspecified atom stereocenters. The van der Waals surface area contributed by atoms with Crippen molar-refractivity contribution in [2.24, 2.45) is 0 Å². The van der Waals surface area contributed by atoms with Gasteiger partial charge in [0.05, 0.1) is 12.2 Å². The summed E-state index contributed by atoms with van der Waals surface area (Å²) in [6, 6.07) is 5.94. The van der Waals surface area contributed by atoms with Gasteiger partial charge in [0.25, 0.3) is 5.91 Å². The Balaban J connectivity index is 1.53. The molecular formula is C19H22FN7O4S2. The molecule has 7 N–H and O–H groups in total. The van der Waals surface area contributed by atoms with Gasteiger partial charge in [0.15, 0.2) is 22.3 Å². The number of aromatic nitrogens is 2. The van der Waals surface area contributed by atoms with Crippen LogP contribution in [0.2, 0.25) is 0 Å². The summed E-state index contributed by atoms with van der Waals surface area (Å²) in [5.74, 6) is -1.06. The van der Waals surface area contributed by atoms with E-state index >= 15 is 0 Å². The molecule has 1 aliphatic rings. The lowest BCUT2D eigenvalue weighted by Gasteiger charge is -2.28. The molecule has 0 fully saturated rings. The predicted molar refractivity (Wildman–Crippen MR) is 126 cm³/mol. The molecule has 2 aromatic rings. The third-order valence-electron chi connectivity index (χ3n) is 4.53. The highest BCUT2D eigenvalue weighted by Gasteiger charge is 2.41. The van der Waals surface area contributed by atoms with Crippen molar-refractivity contribution in [3.63, 3.8) is 0 Å².